The van der Waals surface area contributed by atoms with Gasteiger partial charge in [-0.15, -0.1) is 0 Å². The van der Waals surface area contributed by atoms with Gasteiger partial charge in [0.15, 0.2) is 0 Å². The van der Waals surface area contributed by atoms with E-state index in [0.29, 0.717) is 23.8 Å². The molecule has 0 saturated carbocycles. The minimum absolute atomic E-state index is 0.164. The molecule has 0 bridgehead atoms. The van der Waals surface area contributed by atoms with Gasteiger partial charge in [-0.25, -0.2) is 0 Å². The summed E-state index contributed by atoms with van der Waals surface area (Å²) in [5.74, 6) is 3.12. The van der Waals surface area contributed by atoms with E-state index in [2.05, 4.69) is 38.3 Å². The molecule has 2 N–H and O–H groups in total. The quantitative estimate of drug-likeness (QED) is 0.779. The predicted octanol–water partition coefficient (Wildman–Crippen LogP) is 2.27. The lowest BCUT2D eigenvalue weighted by Gasteiger charge is -2.38. The van der Waals surface area contributed by atoms with Crippen molar-refractivity contribution >= 4 is 17.7 Å². The third-order valence-electron chi connectivity index (χ3n) is 3.57. The Hall–Kier alpha value is -0.220. The number of thioether (sulfide) groups is 1. The van der Waals surface area contributed by atoms with Crippen LogP contribution in [0.25, 0.3) is 0 Å². The zero-order chi connectivity index (χ0) is 13.6. The third-order valence-corrected chi connectivity index (χ3v) is 4.63. The fourth-order valence-corrected chi connectivity index (χ4v) is 3.68. The monoisotopic (exact) mass is 272 g/mol. The van der Waals surface area contributed by atoms with E-state index >= 15 is 0 Å². The standard InChI is InChI=1S/C14H28N2OS/c1-11(2)9-16-13(17)5-7-15-12-10-18-8-6-14(12,3)4/h11-12,15H,5-10H2,1-4H3,(H,16,17). The van der Waals surface area contributed by atoms with E-state index in [1.165, 1.54) is 17.9 Å². The van der Waals surface area contributed by atoms with E-state index in [-0.39, 0.29) is 5.91 Å². The van der Waals surface area contributed by atoms with Gasteiger partial charge < -0.3 is 10.6 Å². The van der Waals surface area contributed by atoms with Crippen LogP contribution in [0.1, 0.15) is 40.5 Å². The summed E-state index contributed by atoms with van der Waals surface area (Å²) in [5, 5.41) is 6.51. The minimum Gasteiger partial charge on any atom is -0.356 e. The molecule has 0 aromatic heterocycles. The molecule has 0 aromatic carbocycles. The van der Waals surface area contributed by atoms with E-state index in [9.17, 15) is 4.79 Å². The van der Waals surface area contributed by atoms with Crippen LogP contribution in [0.4, 0.5) is 0 Å². The molecular formula is C14H28N2OS. The molecule has 1 fully saturated rings. The van der Waals surface area contributed by atoms with Crippen LogP contribution in [0.3, 0.4) is 0 Å². The Kier molecular flexibility index (Phi) is 6.50. The maximum Gasteiger partial charge on any atom is 0.221 e. The highest BCUT2D eigenvalue weighted by molar-refractivity contribution is 7.99. The zero-order valence-corrected chi connectivity index (χ0v) is 13.0. The molecule has 1 atom stereocenters. The molecule has 1 aliphatic rings. The molecule has 1 amide bonds. The van der Waals surface area contributed by atoms with Crippen molar-refractivity contribution in [3.8, 4) is 0 Å². The molecule has 1 heterocycles. The highest BCUT2D eigenvalue weighted by Crippen LogP contribution is 2.33. The second-order valence-corrected chi connectivity index (χ2v) is 7.42. The summed E-state index contributed by atoms with van der Waals surface area (Å²) in [6.07, 6.45) is 1.85. The van der Waals surface area contributed by atoms with Crippen LogP contribution in [0.5, 0.6) is 0 Å². The second-order valence-electron chi connectivity index (χ2n) is 6.27. The molecule has 0 aliphatic carbocycles. The molecule has 1 rings (SSSR count). The Morgan fingerprint density at radius 2 is 2.17 bits per heavy atom. The van der Waals surface area contributed by atoms with Crippen LogP contribution in [0.2, 0.25) is 0 Å². The SMILES string of the molecule is CC(C)CNC(=O)CCNC1CSCCC1(C)C. The molecule has 1 aliphatic heterocycles. The van der Waals surface area contributed by atoms with Crippen molar-refractivity contribution in [1.82, 2.24) is 10.6 Å². The van der Waals surface area contributed by atoms with Crippen LogP contribution in [-0.4, -0.2) is 36.5 Å². The number of carbonyl (C=O) groups excluding carboxylic acids is 1. The van der Waals surface area contributed by atoms with Crippen LogP contribution in [-0.2, 0) is 4.79 Å². The zero-order valence-electron chi connectivity index (χ0n) is 12.2. The van der Waals surface area contributed by atoms with E-state index < -0.39 is 0 Å². The Labute approximate surface area is 116 Å². The Balaban J connectivity index is 2.18. The summed E-state index contributed by atoms with van der Waals surface area (Å²) in [4.78, 5) is 11.6. The van der Waals surface area contributed by atoms with Gasteiger partial charge in [0.05, 0.1) is 0 Å². The summed E-state index contributed by atoms with van der Waals surface area (Å²) in [5.41, 5.74) is 0.361. The van der Waals surface area contributed by atoms with Gasteiger partial charge >= 0.3 is 0 Å². The average molecular weight is 272 g/mol. The molecule has 0 spiro atoms. The Morgan fingerprint density at radius 3 is 2.78 bits per heavy atom. The highest BCUT2D eigenvalue weighted by Gasteiger charge is 2.31. The first-order valence-corrected chi connectivity index (χ1v) is 8.15. The van der Waals surface area contributed by atoms with Gasteiger partial charge in [0, 0.05) is 31.3 Å². The molecule has 3 nitrogen and oxygen atoms in total. The van der Waals surface area contributed by atoms with Crippen molar-refractivity contribution in [1.29, 1.82) is 0 Å². The maximum absolute atomic E-state index is 11.6. The number of carbonyl (C=O) groups is 1. The van der Waals surface area contributed by atoms with Gasteiger partial charge in [0.25, 0.3) is 0 Å². The first-order chi connectivity index (χ1) is 8.42. The van der Waals surface area contributed by atoms with Crippen LogP contribution in [0.15, 0.2) is 0 Å². The number of nitrogens with one attached hydrogen (secondary N) is 2. The van der Waals surface area contributed by atoms with Gasteiger partial charge in [-0.05, 0) is 23.5 Å². The first-order valence-electron chi connectivity index (χ1n) is 6.99. The third kappa shape index (κ3) is 5.61. The summed E-state index contributed by atoms with van der Waals surface area (Å²) < 4.78 is 0. The van der Waals surface area contributed by atoms with Crippen molar-refractivity contribution in [3.63, 3.8) is 0 Å². The fourth-order valence-electron chi connectivity index (χ4n) is 2.04. The van der Waals surface area contributed by atoms with Gasteiger partial charge in [0.1, 0.15) is 0 Å². The van der Waals surface area contributed by atoms with E-state index in [1.54, 1.807) is 0 Å². The van der Waals surface area contributed by atoms with Crippen molar-refractivity contribution in [2.75, 3.05) is 24.6 Å². The Bertz CT molecular complexity index is 267. The Morgan fingerprint density at radius 1 is 1.44 bits per heavy atom. The van der Waals surface area contributed by atoms with Gasteiger partial charge in [0.2, 0.25) is 5.91 Å². The van der Waals surface area contributed by atoms with Gasteiger partial charge in [-0.3, -0.25) is 4.79 Å². The molecule has 18 heavy (non-hydrogen) atoms. The summed E-state index contributed by atoms with van der Waals surface area (Å²) in [6.45, 7) is 10.4. The van der Waals surface area contributed by atoms with E-state index in [4.69, 9.17) is 0 Å². The average Bonchev–Trinajstić information content (AvgIpc) is 2.28. The van der Waals surface area contributed by atoms with Crippen LogP contribution < -0.4 is 10.6 Å². The molecule has 1 saturated heterocycles. The number of hydrogen-bond acceptors (Lipinski definition) is 3. The number of rotatable bonds is 6. The lowest BCUT2D eigenvalue weighted by atomic mass is 9.82. The topological polar surface area (TPSA) is 41.1 Å². The van der Waals surface area contributed by atoms with Crippen LogP contribution in [0, 0.1) is 11.3 Å². The number of amides is 1. The van der Waals surface area contributed by atoms with E-state index in [0.717, 1.165) is 13.1 Å². The van der Waals surface area contributed by atoms with Gasteiger partial charge in [-0.2, -0.15) is 11.8 Å². The molecule has 4 heteroatoms. The second kappa shape index (κ2) is 7.39. The van der Waals surface area contributed by atoms with Crippen molar-refractivity contribution < 1.29 is 4.79 Å². The molecule has 0 aromatic rings. The normalized spacial score (nSPS) is 23.1. The summed E-state index contributed by atoms with van der Waals surface area (Å²) >= 11 is 2.02. The molecule has 1 unspecified atom stereocenters. The lowest BCUT2D eigenvalue weighted by molar-refractivity contribution is -0.121. The smallest absolute Gasteiger partial charge is 0.221 e. The number of hydrogen-bond donors (Lipinski definition) is 2. The van der Waals surface area contributed by atoms with Crippen LogP contribution >= 0.6 is 11.8 Å². The molecule has 106 valence electrons. The lowest BCUT2D eigenvalue weighted by Crippen LogP contribution is -2.47. The van der Waals surface area contributed by atoms with E-state index in [1.807, 2.05) is 11.8 Å². The van der Waals surface area contributed by atoms with Crippen molar-refractivity contribution in [2.45, 2.75) is 46.6 Å². The largest absolute Gasteiger partial charge is 0.356 e. The fraction of sp³-hybridized carbons (Fsp3) is 0.929. The predicted molar refractivity (Wildman–Crippen MR) is 80.0 cm³/mol. The molecular weight excluding hydrogens is 244 g/mol. The molecule has 0 radical (unpaired) electrons. The summed E-state index contributed by atoms with van der Waals surface area (Å²) in [7, 11) is 0. The summed E-state index contributed by atoms with van der Waals surface area (Å²) in [6, 6.07) is 0.536. The maximum atomic E-state index is 11.6. The highest BCUT2D eigenvalue weighted by atomic mass is 32.2. The first kappa shape index (κ1) is 15.8. The van der Waals surface area contributed by atoms with Crippen molar-refractivity contribution in [3.05, 3.63) is 0 Å². The van der Waals surface area contributed by atoms with Crippen molar-refractivity contribution in [2.24, 2.45) is 11.3 Å². The minimum atomic E-state index is 0.164. The van der Waals surface area contributed by atoms with Gasteiger partial charge in [-0.1, -0.05) is 27.7 Å².